The van der Waals surface area contributed by atoms with E-state index >= 15 is 0 Å². The number of thiophene rings is 1. The maximum absolute atomic E-state index is 11.9. The number of amides is 1. The van der Waals surface area contributed by atoms with Crippen LogP contribution in [-0.2, 0) is 13.0 Å². The lowest BCUT2D eigenvalue weighted by Gasteiger charge is -2.02. The standard InChI is InChI=1S/C13H15N3OS/c1-3-11-4-5-12(18-11)13(17)16-8-10-7-14-9(2)6-15-10/h4-7H,3,8H2,1-2H3,(H,16,17). The van der Waals surface area contributed by atoms with E-state index in [-0.39, 0.29) is 5.91 Å². The van der Waals surface area contributed by atoms with E-state index in [2.05, 4.69) is 22.2 Å². The second-order valence-electron chi connectivity index (χ2n) is 3.95. The van der Waals surface area contributed by atoms with E-state index in [0.29, 0.717) is 6.54 Å². The van der Waals surface area contributed by atoms with Gasteiger partial charge in [-0.05, 0) is 25.5 Å². The minimum atomic E-state index is -0.0536. The lowest BCUT2D eigenvalue weighted by atomic mass is 10.3. The number of carbonyl (C=O) groups excluding carboxylic acids is 1. The van der Waals surface area contributed by atoms with Crippen molar-refractivity contribution >= 4 is 17.2 Å². The SMILES string of the molecule is CCc1ccc(C(=O)NCc2cnc(C)cn2)s1. The van der Waals surface area contributed by atoms with Crippen LogP contribution in [0.3, 0.4) is 0 Å². The van der Waals surface area contributed by atoms with E-state index in [1.54, 1.807) is 12.4 Å². The van der Waals surface area contributed by atoms with Gasteiger partial charge in [-0.2, -0.15) is 0 Å². The van der Waals surface area contributed by atoms with Crippen molar-refractivity contribution in [2.45, 2.75) is 26.8 Å². The van der Waals surface area contributed by atoms with Crippen molar-refractivity contribution in [3.63, 3.8) is 0 Å². The Kier molecular flexibility index (Phi) is 4.04. The van der Waals surface area contributed by atoms with E-state index in [4.69, 9.17) is 0 Å². The van der Waals surface area contributed by atoms with Gasteiger partial charge in [-0.3, -0.25) is 14.8 Å². The van der Waals surface area contributed by atoms with Crippen LogP contribution >= 0.6 is 11.3 Å². The Morgan fingerprint density at radius 1 is 1.33 bits per heavy atom. The fourth-order valence-corrected chi connectivity index (χ4v) is 2.32. The fraction of sp³-hybridized carbons (Fsp3) is 0.308. The molecule has 0 unspecified atom stereocenters. The Morgan fingerprint density at radius 3 is 2.78 bits per heavy atom. The topological polar surface area (TPSA) is 54.9 Å². The summed E-state index contributed by atoms with van der Waals surface area (Å²) in [6.45, 7) is 4.37. The molecular weight excluding hydrogens is 246 g/mol. The summed E-state index contributed by atoms with van der Waals surface area (Å²) in [5.41, 5.74) is 1.64. The van der Waals surface area contributed by atoms with Crippen LogP contribution in [0.15, 0.2) is 24.5 Å². The van der Waals surface area contributed by atoms with E-state index in [9.17, 15) is 4.79 Å². The number of rotatable bonds is 4. The first-order valence-electron chi connectivity index (χ1n) is 5.83. The van der Waals surface area contributed by atoms with Crippen LogP contribution in [0, 0.1) is 6.92 Å². The molecule has 0 aromatic carbocycles. The van der Waals surface area contributed by atoms with Crippen molar-refractivity contribution in [2.75, 3.05) is 0 Å². The van der Waals surface area contributed by atoms with Gasteiger partial charge < -0.3 is 5.32 Å². The molecule has 0 aliphatic carbocycles. The Hall–Kier alpha value is -1.75. The van der Waals surface area contributed by atoms with Crippen LogP contribution in [0.1, 0.15) is 32.9 Å². The average Bonchev–Trinajstić information content (AvgIpc) is 2.86. The van der Waals surface area contributed by atoms with Gasteiger partial charge in [0, 0.05) is 11.1 Å². The van der Waals surface area contributed by atoms with Crippen LogP contribution < -0.4 is 5.32 Å². The zero-order valence-corrected chi connectivity index (χ0v) is 11.3. The van der Waals surface area contributed by atoms with Gasteiger partial charge in [0.15, 0.2) is 0 Å². The van der Waals surface area contributed by atoms with Crippen LogP contribution in [0.4, 0.5) is 0 Å². The molecule has 5 heteroatoms. The molecule has 4 nitrogen and oxygen atoms in total. The predicted molar refractivity (Wildman–Crippen MR) is 71.6 cm³/mol. The molecule has 1 N–H and O–H groups in total. The third-order valence-corrected chi connectivity index (χ3v) is 3.73. The molecule has 0 aliphatic heterocycles. The predicted octanol–water partition coefficient (Wildman–Crippen LogP) is 2.34. The molecule has 0 saturated carbocycles. The van der Waals surface area contributed by atoms with Crippen molar-refractivity contribution in [2.24, 2.45) is 0 Å². The van der Waals surface area contributed by atoms with Gasteiger partial charge in [0.05, 0.1) is 29.0 Å². The number of nitrogens with zero attached hydrogens (tertiary/aromatic N) is 2. The van der Waals surface area contributed by atoms with Crippen molar-refractivity contribution < 1.29 is 4.79 Å². The highest BCUT2D eigenvalue weighted by molar-refractivity contribution is 7.14. The summed E-state index contributed by atoms with van der Waals surface area (Å²) in [7, 11) is 0. The molecule has 94 valence electrons. The van der Waals surface area contributed by atoms with E-state index in [1.807, 2.05) is 19.1 Å². The lowest BCUT2D eigenvalue weighted by molar-refractivity contribution is 0.0954. The second kappa shape index (κ2) is 5.73. The number of hydrogen-bond acceptors (Lipinski definition) is 4. The van der Waals surface area contributed by atoms with Gasteiger partial charge in [-0.15, -0.1) is 11.3 Å². The highest BCUT2D eigenvalue weighted by Gasteiger charge is 2.08. The van der Waals surface area contributed by atoms with Gasteiger partial charge in [0.25, 0.3) is 5.91 Å². The summed E-state index contributed by atoms with van der Waals surface area (Å²) in [6, 6.07) is 3.85. The molecule has 2 rings (SSSR count). The molecule has 0 atom stereocenters. The average molecular weight is 261 g/mol. The molecule has 2 heterocycles. The van der Waals surface area contributed by atoms with E-state index in [1.165, 1.54) is 16.2 Å². The van der Waals surface area contributed by atoms with Crippen LogP contribution in [-0.4, -0.2) is 15.9 Å². The number of nitrogens with one attached hydrogen (secondary N) is 1. The minimum absolute atomic E-state index is 0.0536. The first-order chi connectivity index (χ1) is 8.69. The summed E-state index contributed by atoms with van der Waals surface area (Å²) in [5, 5.41) is 2.84. The maximum atomic E-state index is 11.9. The molecule has 0 fully saturated rings. The number of carbonyl (C=O) groups is 1. The fourth-order valence-electron chi connectivity index (χ4n) is 1.46. The first kappa shape index (κ1) is 12.7. The molecule has 1 amide bonds. The molecule has 2 aromatic rings. The quantitative estimate of drug-likeness (QED) is 0.919. The zero-order valence-electron chi connectivity index (χ0n) is 10.4. The normalized spacial score (nSPS) is 10.3. The molecule has 0 bridgehead atoms. The maximum Gasteiger partial charge on any atom is 0.261 e. The Labute approximate surface area is 110 Å². The highest BCUT2D eigenvalue weighted by Crippen LogP contribution is 2.16. The molecule has 0 spiro atoms. The lowest BCUT2D eigenvalue weighted by Crippen LogP contribution is -2.22. The second-order valence-corrected chi connectivity index (χ2v) is 5.12. The summed E-state index contributed by atoms with van der Waals surface area (Å²) >= 11 is 1.53. The van der Waals surface area contributed by atoms with E-state index in [0.717, 1.165) is 22.7 Å². The van der Waals surface area contributed by atoms with Gasteiger partial charge in [0.2, 0.25) is 0 Å². The zero-order chi connectivity index (χ0) is 13.0. The molecule has 0 aliphatic rings. The van der Waals surface area contributed by atoms with E-state index < -0.39 is 0 Å². The summed E-state index contributed by atoms with van der Waals surface area (Å²) in [4.78, 5) is 22.2. The van der Waals surface area contributed by atoms with Crippen molar-refractivity contribution in [3.05, 3.63) is 45.7 Å². The summed E-state index contributed by atoms with van der Waals surface area (Å²) in [5.74, 6) is -0.0536. The van der Waals surface area contributed by atoms with Gasteiger partial charge >= 0.3 is 0 Å². The minimum Gasteiger partial charge on any atom is -0.346 e. The Bertz CT molecular complexity index is 533. The third kappa shape index (κ3) is 3.13. The van der Waals surface area contributed by atoms with Crippen LogP contribution in [0.5, 0.6) is 0 Å². The van der Waals surface area contributed by atoms with Gasteiger partial charge in [-0.1, -0.05) is 6.92 Å². The monoisotopic (exact) mass is 261 g/mol. The van der Waals surface area contributed by atoms with Gasteiger partial charge in [-0.25, -0.2) is 0 Å². The number of aromatic nitrogens is 2. The molecule has 2 aromatic heterocycles. The molecule has 0 saturated heterocycles. The van der Waals surface area contributed by atoms with Crippen LogP contribution in [0.25, 0.3) is 0 Å². The molecular formula is C13H15N3OS. The Morgan fingerprint density at radius 2 is 2.17 bits per heavy atom. The third-order valence-electron chi connectivity index (χ3n) is 2.50. The largest absolute Gasteiger partial charge is 0.346 e. The Balaban J connectivity index is 1.93. The van der Waals surface area contributed by atoms with Crippen molar-refractivity contribution in [3.8, 4) is 0 Å². The van der Waals surface area contributed by atoms with Crippen molar-refractivity contribution in [1.29, 1.82) is 0 Å². The smallest absolute Gasteiger partial charge is 0.261 e. The molecule has 0 radical (unpaired) electrons. The first-order valence-corrected chi connectivity index (χ1v) is 6.65. The highest BCUT2D eigenvalue weighted by atomic mass is 32.1. The molecule has 18 heavy (non-hydrogen) atoms. The number of hydrogen-bond donors (Lipinski definition) is 1. The van der Waals surface area contributed by atoms with Gasteiger partial charge in [0.1, 0.15) is 0 Å². The van der Waals surface area contributed by atoms with Crippen molar-refractivity contribution in [1.82, 2.24) is 15.3 Å². The summed E-state index contributed by atoms with van der Waals surface area (Å²) < 4.78 is 0. The van der Waals surface area contributed by atoms with Crippen LogP contribution in [0.2, 0.25) is 0 Å². The number of aryl methyl sites for hydroxylation is 2. The summed E-state index contributed by atoms with van der Waals surface area (Å²) in [6.07, 6.45) is 4.34.